The molecule has 0 fully saturated rings. The number of imidazole rings is 1. The lowest BCUT2D eigenvalue weighted by Crippen LogP contribution is -2.18. The summed E-state index contributed by atoms with van der Waals surface area (Å²) in [5.74, 6) is 0.289. The van der Waals surface area contributed by atoms with Crippen LogP contribution in [0.4, 0.5) is 4.79 Å². The first-order valence-corrected chi connectivity index (χ1v) is 11.3. The molecule has 0 radical (unpaired) electrons. The molecule has 2 aromatic heterocycles. The van der Waals surface area contributed by atoms with Crippen LogP contribution in [0.2, 0.25) is 0 Å². The van der Waals surface area contributed by atoms with Gasteiger partial charge in [0.2, 0.25) is 0 Å². The maximum atomic E-state index is 12.6. The number of primary amides is 1. The van der Waals surface area contributed by atoms with Crippen molar-refractivity contribution in [2.45, 2.75) is 31.0 Å². The molecule has 2 N–H and O–H groups in total. The van der Waals surface area contributed by atoms with Gasteiger partial charge in [0.25, 0.3) is 0 Å². The van der Waals surface area contributed by atoms with Crippen molar-refractivity contribution in [1.82, 2.24) is 9.55 Å². The molecule has 3 aromatic rings. The van der Waals surface area contributed by atoms with Crippen molar-refractivity contribution < 1.29 is 17.4 Å². The van der Waals surface area contributed by atoms with Gasteiger partial charge < -0.3 is 14.5 Å². The number of aromatic nitrogens is 2. The van der Waals surface area contributed by atoms with Crippen LogP contribution in [0, 0.1) is 17.2 Å². The van der Waals surface area contributed by atoms with E-state index >= 15 is 0 Å². The van der Waals surface area contributed by atoms with Gasteiger partial charge in [0.1, 0.15) is 0 Å². The van der Waals surface area contributed by atoms with Crippen molar-refractivity contribution in [1.29, 1.82) is 5.26 Å². The molecule has 0 aliphatic carbocycles. The van der Waals surface area contributed by atoms with E-state index in [1.54, 1.807) is 30.7 Å². The lowest BCUT2D eigenvalue weighted by atomic mass is 9.99. The molecule has 156 valence electrons. The number of hydrogen-bond donors (Lipinski definition) is 1. The van der Waals surface area contributed by atoms with Gasteiger partial charge in [0.05, 0.1) is 18.0 Å². The minimum absolute atomic E-state index is 0.143. The number of amides is 1. The van der Waals surface area contributed by atoms with Crippen LogP contribution in [0.25, 0.3) is 11.1 Å². The zero-order valence-electron chi connectivity index (χ0n) is 16.4. The summed E-state index contributed by atoms with van der Waals surface area (Å²) >= 11 is 1.02. The molecule has 2 heterocycles. The Kier molecular flexibility index (Phi) is 6.24. The van der Waals surface area contributed by atoms with Gasteiger partial charge in [0.15, 0.2) is 4.21 Å². The number of thiophene rings is 1. The van der Waals surface area contributed by atoms with Gasteiger partial charge >= 0.3 is 16.2 Å². The number of nitrogens with two attached hydrogens (primary N) is 1. The Morgan fingerprint density at radius 3 is 2.70 bits per heavy atom. The first kappa shape index (κ1) is 21.5. The summed E-state index contributed by atoms with van der Waals surface area (Å²) in [7, 11) is -4.41. The molecule has 0 saturated carbocycles. The molecule has 1 aromatic carbocycles. The zero-order chi connectivity index (χ0) is 21.9. The minimum Gasteiger partial charge on any atom is -0.334 e. The summed E-state index contributed by atoms with van der Waals surface area (Å²) in [5.41, 5.74) is 6.89. The van der Waals surface area contributed by atoms with E-state index in [1.165, 1.54) is 0 Å². The maximum Gasteiger partial charge on any atom is 0.420 e. The molecule has 0 spiro atoms. The van der Waals surface area contributed by atoms with E-state index in [0.29, 0.717) is 29.7 Å². The highest BCUT2D eigenvalue weighted by molar-refractivity contribution is 7.89. The molecule has 8 nitrogen and oxygen atoms in total. The molecule has 10 heteroatoms. The fourth-order valence-electron chi connectivity index (χ4n) is 3.05. The number of rotatable bonds is 7. The van der Waals surface area contributed by atoms with Crippen LogP contribution in [0.1, 0.15) is 29.9 Å². The molecule has 0 bridgehead atoms. The summed E-state index contributed by atoms with van der Waals surface area (Å²) in [6.45, 7) is 4.55. The highest BCUT2D eigenvalue weighted by atomic mass is 32.3. The van der Waals surface area contributed by atoms with Crippen molar-refractivity contribution in [3.63, 3.8) is 0 Å². The van der Waals surface area contributed by atoms with Crippen LogP contribution in [0.3, 0.4) is 0 Å². The Labute approximate surface area is 178 Å². The third-order valence-electron chi connectivity index (χ3n) is 4.20. The second-order valence-electron chi connectivity index (χ2n) is 7.10. The van der Waals surface area contributed by atoms with Crippen LogP contribution in [-0.4, -0.2) is 24.1 Å². The van der Waals surface area contributed by atoms with Crippen LogP contribution in [0.5, 0.6) is 0 Å². The highest BCUT2D eigenvalue weighted by Gasteiger charge is 2.28. The van der Waals surface area contributed by atoms with Crippen molar-refractivity contribution in [3.05, 3.63) is 59.0 Å². The maximum absolute atomic E-state index is 12.6. The van der Waals surface area contributed by atoms with Crippen LogP contribution in [-0.2, 0) is 27.3 Å². The van der Waals surface area contributed by atoms with E-state index in [1.807, 2.05) is 30.7 Å². The van der Waals surface area contributed by atoms with Crippen molar-refractivity contribution >= 4 is 27.5 Å². The van der Waals surface area contributed by atoms with Crippen LogP contribution >= 0.6 is 11.3 Å². The molecular weight excluding hydrogens is 424 g/mol. The molecule has 0 atom stereocenters. The van der Waals surface area contributed by atoms with E-state index in [-0.39, 0.29) is 10.1 Å². The second kappa shape index (κ2) is 8.69. The van der Waals surface area contributed by atoms with E-state index in [2.05, 4.69) is 15.2 Å². The Morgan fingerprint density at radius 1 is 1.33 bits per heavy atom. The van der Waals surface area contributed by atoms with Gasteiger partial charge in [-0.1, -0.05) is 26.0 Å². The third kappa shape index (κ3) is 4.87. The monoisotopic (exact) mass is 444 g/mol. The average Bonchev–Trinajstić information content (AvgIpc) is 3.30. The molecular formula is C20H20N4O4S2. The van der Waals surface area contributed by atoms with Gasteiger partial charge in [-0.15, -0.1) is 11.3 Å². The molecule has 1 amide bonds. The van der Waals surface area contributed by atoms with Gasteiger partial charge in [-0.25, -0.2) is 9.78 Å². The minimum atomic E-state index is -4.41. The van der Waals surface area contributed by atoms with E-state index in [9.17, 15) is 18.5 Å². The molecule has 0 saturated heterocycles. The first-order valence-electron chi connectivity index (χ1n) is 9.05. The Balaban J connectivity index is 2.10. The molecule has 3 rings (SSSR count). The number of carbonyl (C=O) groups excluding carboxylic acids is 1. The summed E-state index contributed by atoms with van der Waals surface area (Å²) in [6, 6.07) is 9.10. The predicted molar refractivity (Wildman–Crippen MR) is 112 cm³/mol. The van der Waals surface area contributed by atoms with Gasteiger partial charge in [-0.05, 0) is 30.0 Å². The van der Waals surface area contributed by atoms with Crippen molar-refractivity contribution in [3.8, 4) is 17.2 Å². The zero-order valence-corrected chi connectivity index (χ0v) is 18.0. The van der Waals surface area contributed by atoms with Crippen molar-refractivity contribution in [2.75, 3.05) is 0 Å². The summed E-state index contributed by atoms with van der Waals surface area (Å²) < 4.78 is 31.3. The lowest BCUT2D eigenvalue weighted by Gasteiger charge is -2.09. The molecule has 0 aliphatic heterocycles. The third-order valence-corrected chi connectivity index (χ3v) is 7.07. The topological polar surface area (TPSA) is 128 Å². The highest BCUT2D eigenvalue weighted by Crippen LogP contribution is 2.39. The average molecular weight is 445 g/mol. The van der Waals surface area contributed by atoms with E-state index in [0.717, 1.165) is 21.8 Å². The Bertz CT molecular complexity index is 1210. The SMILES string of the molecule is CC(C)Cc1cc(-c2ccc(Cn3ccnc3)cc2C#N)c(S(=O)(=O)OC(N)=O)s1. The predicted octanol–water partition coefficient (Wildman–Crippen LogP) is 3.51. The normalized spacial score (nSPS) is 11.4. The van der Waals surface area contributed by atoms with Gasteiger partial charge in [0, 0.05) is 34.9 Å². The molecule has 0 unspecified atom stereocenters. The number of hydrogen-bond acceptors (Lipinski definition) is 7. The van der Waals surface area contributed by atoms with Gasteiger partial charge in [-0.2, -0.15) is 13.7 Å². The number of benzene rings is 1. The summed E-state index contributed by atoms with van der Waals surface area (Å²) in [4.78, 5) is 15.9. The van der Waals surface area contributed by atoms with E-state index < -0.39 is 16.2 Å². The lowest BCUT2D eigenvalue weighted by molar-refractivity contribution is 0.213. The molecule has 0 aliphatic rings. The van der Waals surface area contributed by atoms with Gasteiger partial charge in [-0.3, -0.25) is 0 Å². The number of carbonyl (C=O) groups is 1. The number of nitrogens with zero attached hydrogens (tertiary/aromatic N) is 3. The fraction of sp³-hybridized carbons (Fsp3) is 0.250. The van der Waals surface area contributed by atoms with E-state index in [4.69, 9.17) is 5.73 Å². The van der Waals surface area contributed by atoms with Crippen LogP contribution < -0.4 is 5.73 Å². The fourth-order valence-corrected chi connectivity index (χ4v) is 5.73. The smallest absolute Gasteiger partial charge is 0.334 e. The quantitative estimate of drug-likeness (QED) is 0.555. The van der Waals surface area contributed by atoms with Crippen LogP contribution in [0.15, 0.2) is 47.2 Å². The Hall–Kier alpha value is -3.16. The summed E-state index contributed by atoms with van der Waals surface area (Å²) in [6.07, 6.45) is 4.38. The largest absolute Gasteiger partial charge is 0.420 e. The summed E-state index contributed by atoms with van der Waals surface area (Å²) in [5, 5.41) is 9.70. The van der Waals surface area contributed by atoms with Crippen molar-refractivity contribution in [2.24, 2.45) is 11.7 Å². The molecule has 30 heavy (non-hydrogen) atoms. The Morgan fingerprint density at radius 2 is 2.10 bits per heavy atom. The standard InChI is InChI=1S/C20H20N4O4S2/c1-13(2)7-16-9-18(19(29-16)30(26,27)28-20(22)25)17-4-3-14(8-15(17)10-21)11-24-6-5-23-12-24/h3-6,8-9,12-13H,7,11H2,1-2H3,(H2,22,25). The first-order chi connectivity index (χ1) is 14.2. The second-order valence-corrected chi connectivity index (χ2v) is 9.97. The number of nitriles is 1.